The summed E-state index contributed by atoms with van der Waals surface area (Å²) in [7, 11) is 0. The van der Waals surface area contributed by atoms with Gasteiger partial charge in [-0.3, -0.25) is 19.5 Å². The zero-order valence-corrected chi connectivity index (χ0v) is 15.7. The summed E-state index contributed by atoms with van der Waals surface area (Å²) in [5.41, 5.74) is 3.87. The average molecular weight is 355 g/mol. The Balaban J connectivity index is 1.16. The van der Waals surface area contributed by atoms with Crippen LogP contribution in [0.3, 0.4) is 0 Å². The van der Waals surface area contributed by atoms with E-state index in [-0.39, 0.29) is 17.6 Å². The maximum Gasteiger partial charge on any atom is 0.223 e. The molecule has 0 aromatic carbocycles. The molecule has 4 rings (SSSR count). The lowest BCUT2D eigenvalue weighted by molar-refractivity contribution is -0.123. The van der Waals surface area contributed by atoms with Crippen molar-refractivity contribution in [1.82, 2.24) is 15.2 Å². The van der Waals surface area contributed by atoms with Gasteiger partial charge in [-0.25, -0.2) is 0 Å². The van der Waals surface area contributed by atoms with Gasteiger partial charge in [-0.1, -0.05) is 6.07 Å². The highest BCUT2D eigenvalue weighted by atomic mass is 16.2. The highest BCUT2D eigenvalue weighted by Gasteiger charge is 2.59. The maximum absolute atomic E-state index is 12.3. The Kier molecular flexibility index (Phi) is 5.07. The highest BCUT2D eigenvalue weighted by Crippen LogP contribution is 2.51. The molecule has 2 fully saturated rings. The molecule has 1 saturated carbocycles. The molecule has 5 nitrogen and oxygen atoms in total. The minimum Gasteiger partial charge on any atom is -0.356 e. The second kappa shape index (κ2) is 7.47. The van der Waals surface area contributed by atoms with Gasteiger partial charge in [0.2, 0.25) is 5.91 Å². The summed E-state index contributed by atoms with van der Waals surface area (Å²) < 4.78 is 0. The van der Waals surface area contributed by atoms with Gasteiger partial charge in [0.15, 0.2) is 0 Å². The van der Waals surface area contributed by atoms with Crippen molar-refractivity contribution in [3.8, 4) is 0 Å². The quantitative estimate of drug-likeness (QED) is 0.758. The molecule has 0 spiro atoms. The SMILES string of the molecule is CC(=O)CN1C[C@@H]2C(C(=O)NCCCc3ccc4c(n3)CCCC4)[C@@H]2C1. The first-order valence-electron chi connectivity index (χ1n) is 10.1. The Morgan fingerprint density at radius 1 is 1.19 bits per heavy atom. The first-order valence-corrected chi connectivity index (χ1v) is 10.1. The van der Waals surface area contributed by atoms with E-state index in [0.29, 0.717) is 18.4 Å². The van der Waals surface area contributed by atoms with Crippen molar-refractivity contribution in [3.05, 3.63) is 29.1 Å². The minimum absolute atomic E-state index is 0.181. The molecule has 1 aromatic heterocycles. The number of nitrogens with one attached hydrogen (secondary N) is 1. The van der Waals surface area contributed by atoms with Crippen molar-refractivity contribution in [2.45, 2.75) is 45.4 Å². The molecule has 1 unspecified atom stereocenters. The molecule has 1 amide bonds. The van der Waals surface area contributed by atoms with Gasteiger partial charge in [-0.2, -0.15) is 0 Å². The first kappa shape index (κ1) is 17.7. The number of Topliss-reactive ketones (excluding diaryl/α,β-unsaturated/α-hetero) is 1. The summed E-state index contributed by atoms with van der Waals surface area (Å²) >= 11 is 0. The molecule has 1 aliphatic heterocycles. The maximum atomic E-state index is 12.3. The van der Waals surface area contributed by atoms with Gasteiger partial charge in [-0.15, -0.1) is 0 Å². The minimum atomic E-state index is 0.181. The number of piperidine rings is 1. The number of aryl methyl sites for hydroxylation is 3. The van der Waals surface area contributed by atoms with Crippen molar-refractivity contribution in [3.63, 3.8) is 0 Å². The van der Waals surface area contributed by atoms with Crippen molar-refractivity contribution >= 4 is 11.7 Å². The predicted octanol–water partition coefficient (Wildman–Crippen LogP) is 1.78. The molecule has 26 heavy (non-hydrogen) atoms. The number of nitrogens with zero attached hydrogens (tertiary/aromatic N) is 2. The average Bonchev–Trinajstić information content (AvgIpc) is 3.14. The standard InChI is InChI=1S/C21H29N3O2/c1-14(25)11-24-12-17-18(13-24)20(17)21(26)22-10-4-6-16-9-8-15-5-2-3-7-19(15)23-16/h8-9,17-18,20H,2-7,10-13H2,1H3,(H,22,26)/t17-,18+,20?. The number of pyridine rings is 1. The number of aromatic nitrogens is 1. The van der Waals surface area contributed by atoms with Crippen LogP contribution in [0.5, 0.6) is 0 Å². The van der Waals surface area contributed by atoms with E-state index >= 15 is 0 Å². The van der Waals surface area contributed by atoms with Gasteiger partial charge < -0.3 is 5.32 Å². The zero-order valence-electron chi connectivity index (χ0n) is 15.7. The molecule has 3 aliphatic rings. The molecular formula is C21H29N3O2. The molecule has 2 aliphatic carbocycles. The van der Waals surface area contributed by atoms with Crippen molar-refractivity contribution in [1.29, 1.82) is 0 Å². The molecule has 0 bridgehead atoms. The Bertz CT molecular complexity index is 690. The van der Waals surface area contributed by atoms with Crippen LogP contribution in [0, 0.1) is 17.8 Å². The second-order valence-corrected chi connectivity index (χ2v) is 8.26. The van der Waals surface area contributed by atoms with E-state index in [1.807, 2.05) is 0 Å². The smallest absolute Gasteiger partial charge is 0.223 e. The van der Waals surface area contributed by atoms with E-state index in [2.05, 4.69) is 22.3 Å². The fourth-order valence-electron chi connectivity index (χ4n) is 4.81. The van der Waals surface area contributed by atoms with Crippen molar-refractivity contribution < 1.29 is 9.59 Å². The number of hydrogen-bond acceptors (Lipinski definition) is 4. The number of amides is 1. The monoisotopic (exact) mass is 355 g/mol. The Labute approximate surface area is 155 Å². The van der Waals surface area contributed by atoms with E-state index in [1.165, 1.54) is 30.5 Å². The lowest BCUT2D eigenvalue weighted by atomic mass is 9.95. The number of rotatable bonds is 7. The summed E-state index contributed by atoms with van der Waals surface area (Å²) in [6.45, 7) is 4.70. The van der Waals surface area contributed by atoms with Crippen LogP contribution < -0.4 is 5.32 Å². The van der Waals surface area contributed by atoms with Crippen LogP contribution >= 0.6 is 0 Å². The molecule has 0 radical (unpaired) electrons. The number of hydrogen-bond donors (Lipinski definition) is 1. The molecule has 1 N–H and O–H groups in total. The fraction of sp³-hybridized carbons (Fsp3) is 0.667. The van der Waals surface area contributed by atoms with E-state index in [1.54, 1.807) is 6.92 Å². The third-order valence-electron chi connectivity index (χ3n) is 6.16. The summed E-state index contributed by atoms with van der Waals surface area (Å²) in [5.74, 6) is 1.54. The first-order chi connectivity index (χ1) is 12.6. The predicted molar refractivity (Wildman–Crippen MR) is 99.8 cm³/mol. The van der Waals surface area contributed by atoms with E-state index in [9.17, 15) is 9.59 Å². The largest absolute Gasteiger partial charge is 0.356 e. The number of carbonyl (C=O) groups is 2. The Hall–Kier alpha value is -1.75. The normalized spacial score (nSPS) is 26.9. The molecule has 1 aromatic rings. The molecule has 1 saturated heterocycles. The van der Waals surface area contributed by atoms with Crippen LogP contribution in [0.15, 0.2) is 12.1 Å². The van der Waals surface area contributed by atoms with Crippen LogP contribution in [0.2, 0.25) is 0 Å². The van der Waals surface area contributed by atoms with E-state index in [0.717, 1.165) is 44.6 Å². The van der Waals surface area contributed by atoms with Gasteiger partial charge >= 0.3 is 0 Å². The van der Waals surface area contributed by atoms with Gasteiger partial charge in [0.25, 0.3) is 0 Å². The fourth-order valence-corrected chi connectivity index (χ4v) is 4.81. The van der Waals surface area contributed by atoms with Crippen LogP contribution in [-0.2, 0) is 28.9 Å². The molecule has 5 heteroatoms. The van der Waals surface area contributed by atoms with Crippen LogP contribution in [0.4, 0.5) is 0 Å². The number of fused-ring (bicyclic) bond motifs is 2. The molecular weight excluding hydrogens is 326 g/mol. The third kappa shape index (κ3) is 3.83. The lowest BCUT2D eigenvalue weighted by Crippen LogP contribution is -2.34. The number of likely N-dealkylation sites (tertiary alicyclic amines) is 1. The van der Waals surface area contributed by atoms with Crippen LogP contribution in [0.25, 0.3) is 0 Å². The molecule has 3 atom stereocenters. The third-order valence-corrected chi connectivity index (χ3v) is 6.16. The summed E-state index contributed by atoms with van der Waals surface area (Å²) in [4.78, 5) is 30.5. The van der Waals surface area contributed by atoms with Crippen molar-refractivity contribution in [2.24, 2.45) is 17.8 Å². The Morgan fingerprint density at radius 2 is 1.96 bits per heavy atom. The molecule has 140 valence electrons. The summed E-state index contributed by atoms with van der Waals surface area (Å²) in [5, 5.41) is 3.11. The van der Waals surface area contributed by atoms with E-state index in [4.69, 9.17) is 4.98 Å². The van der Waals surface area contributed by atoms with Gasteiger partial charge in [0.1, 0.15) is 5.78 Å². The Morgan fingerprint density at radius 3 is 2.73 bits per heavy atom. The number of carbonyl (C=O) groups excluding carboxylic acids is 2. The lowest BCUT2D eigenvalue weighted by Gasteiger charge is -2.17. The van der Waals surface area contributed by atoms with Crippen LogP contribution in [0.1, 0.15) is 43.1 Å². The topological polar surface area (TPSA) is 62.3 Å². The molecule has 2 heterocycles. The highest BCUT2D eigenvalue weighted by molar-refractivity contribution is 5.83. The second-order valence-electron chi connectivity index (χ2n) is 8.26. The zero-order chi connectivity index (χ0) is 18.1. The van der Waals surface area contributed by atoms with Gasteiger partial charge in [0.05, 0.1) is 6.54 Å². The van der Waals surface area contributed by atoms with Crippen LogP contribution in [-0.4, -0.2) is 47.8 Å². The number of ketones is 1. The van der Waals surface area contributed by atoms with E-state index < -0.39 is 0 Å². The van der Waals surface area contributed by atoms with Gasteiger partial charge in [0, 0.05) is 36.9 Å². The van der Waals surface area contributed by atoms with Crippen molar-refractivity contribution in [2.75, 3.05) is 26.2 Å². The van der Waals surface area contributed by atoms with Gasteiger partial charge in [-0.05, 0) is 68.9 Å². The summed E-state index contributed by atoms with van der Waals surface area (Å²) in [6.07, 6.45) is 6.70. The summed E-state index contributed by atoms with van der Waals surface area (Å²) in [6, 6.07) is 4.40.